The zero-order chi connectivity index (χ0) is 15.6. The minimum absolute atomic E-state index is 0.0822. The van der Waals surface area contributed by atoms with Gasteiger partial charge in [0.2, 0.25) is 5.13 Å². The number of anilines is 1. The van der Waals surface area contributed by atoms with E-state index < -0.39 is 0 Å². The number of carbonyl (C=O) groups is 1. The van der Waals surface area contributed by atoms with Gasteiger partial charge in [-0.1, -0.05) is 17.8 Å². The van der Waals surface area contributed by atoms with Crippen molar-refractivity contribution in [1.82, 2.24) is 20.1 Å². The summed E-state index contributed by atoms with van der Waals surface area (Å²) in [6, 6.07) is 0.00369. The molecule has 0 bridgehead atoms. The number of nitrogens with zero attached hydrogens (tertiary/aromatic N) is 4. The summed E-state index contributed by atoms with van der Waals surface area (Å²) in [5.41, 5.74) is 0. The van der Waals surface area contributed by atoms with Crippen molar-refractivity contribution in [3.05, 3.63) is 21.6 Å². The summed E-state index contributed by atoms with van der Waals surface area (Å²) in [6.07, 6.45) is 8.62. The lowest BCUT2D eigenvalue weighted by Crippen LogP contribution is -2.41. The maximum Gasteiger partial charge on any atom is 0.324 e. The van der Waals surface area contributed by atoms with Gasteiger partial charge in [-0.15, -0.1) is 21.5 Å². The Morgan fingerprint density at radius 3 is 2.83 bits per heavy atom. The molecular formula is C15H19N5OS2. The van der Waals surface area contributed by atoms with Gasteiger partial charge in [0.05, 0.1) is 6.04 Å². The van der Waals surface area contributed by atoms with E-state index in [1.165, 1.54) is 30.6 Å². The summed E-state index contributed by atoms with van der Waals surface area (Å²) in [6.45, 7) is 0.768. The van der Waals surface area contributed by atoms with Crippen LogP contribution in [0.4, 0.5) is 9.93 Å². The van der Waals surface area contributed by atoms with E-state index in [9.17, 15) is 4.79 Å². The van der Waals surface area contributed by atoms with Crippen LogP contribution in [0, 0.1) is 0 Å². The van der Waals surface area contributed by atoms with Crippen molar-refractivity contribution in [2.45, 2.75) is 50.5 Å². The fraction of sp³-hybridized carbons (Fsp3) is 0.600. The molecule has 8 heteroatoms. The van der Waals surface area contributed by atoms with Gasteiger partial charge in [0.25, 0.3) is 0 Å². The molecule has 1 saturated heterocycles. The highest BCUT2D eigenvalue weighted by Gasteiger charge is 2.30. The van der Waals surface area contributed by atoms with Gasteiger partial charge in [-0.05, 0) is 32.1 Å². The summed E-state index contributed by atoms with van der Waals surface area (Å²) in [7, 11) is 0. The molecule has 23 heavy (non-hydrogen) atoms. The fourth-order valence-electron chi connectivity index (χ4n) is 3.10. The fourth-order valence-corrected chi connectivity index (χ4v) is 4.79. The average Bonchev–Trinajstić information content (AvgIpc) is 3.17. The third-order valence-electron chi connectivity index (χ3n) is 4.61. The van der Waals surface area contributed by atoms with Gasteiger partial charge in [0.1, 0.15) is 10.0 Å². The Morgan fingerprint density at radius 1 is 1.17 bits per heavy atom. The summed E-state index contributed by atoms with van der Waals surface area (Å²) >= 11 is 3.13. The van der Waals surface area contributed by atoms with Crippen LogP contribution < -0.4 is 5.32 Å². The molecule has 2 fully saturated rings. The van der Waals surface area contributed by atoms with Crippen LogP contribution in [0.5, 0.6) is 0 Å². The zero-order valence-corrected chi connectivity index (χ0v) is 14.4. The highest BCUT2D eigenvalue weighted by molar-refractivity contribution is 7.15. The predicted octanol–water partition coefficient (Wildman–Crippen LogP) is 4.02. The highest BCUT2D eigenvalue weighted by Crippen LogP contribution is 2.39. The smallest absolute Gasteiger partial charge is 0.315 e. The Hall–Kier alpha value is -1.54. The monoisotopic (exact) mass is 349 g/mol. The minimum atomic E-state index is -0.0822. The maximum atomic E-state index is 12.7. The lowest BCUT2D eigenvalue weighted by molar-refractivity contribution is 0.163. The predicted molar refractivity (Wildman–Crippen MR) is 90.9 cm³/mol. The SMILES string of the molecule is O=C(Nc1nnc(C2CCC2)s1)N1CCCC[C@H]1c1nccs1. The molecule has 0 aromatic carbocycles. The van der Waals surface area contributed by atoms with Gasteiger partial charge in [-0.25, -0.2) is 9.78 Å². The third kappa shape index (κ3) is 3.10. The Morgan fingerprint density at radius 2 is 2.09 bits per heavy atom. The van der Waals surface area contributed by atoms with Crippen LogP contribution in [0.3, 0.4) is 0 Å². The van der Waals surface area contributed by atoms with Gasteiger partial charge in [0.15, 0.2) is 0 Å². The van der Waals surface area contributed by atoms with Gasteiger partial charge in [0, 0.05) is 24.0 Å². The van der Waals surface area contributed by atoms with Crippen molar-refractivity contribution in [3.63, 3.8) is 0 Å². The van der Waals surface area contributed by atoms with Gasteiger partial charge in [-0.2, -0.15) is 0 Å². The number of nitrogens with one attached hydrogen (secondary N) is 1. The number of hydrogen-bond donors (Lipinski definition) is 1. The van der Waals surface area contributed by atoms with E-state index in [1.807, 2.05) is 10.3 Å². The molecule has 1 N–H and O–H groups in total. The third-order valence-corrected chi connectivity index (χ3v) is 6.49. The molecule has 2 aromatic rings. The van der Waals surface area contributed by atoms with Crippen molar-refractivity contribution in [2.75, 3.05) is 11.9 Å². The molecule has 1 atom stereocenters. The summed E-state index contributed by atoms with van der Waals surface area (Å²) in [5, 5.41) is 16.0. The van der Waals surface area contributed by atoms with Crippen molar-refractivity contribution < 1.29 is 4.79 Å². The van der Waals surface area contributed by atoms with Crippen molar-refractivity contribution in [1.29, 1.82) is 0 Å². The van der Waals surface area contributed by atoms with Crippen LogP contribution in [0.15, 0.2) is 11.6 Å². The number of piperidine rings is 1. The molecule has 1 saturated carbocycles. The molecule has 1 aliphatic heterocycles. The lowest BCUT2D eigenvalue weighted by atomic mass is 9.86. The van der Waals surface area contributed by atoms with E-state index in [4.69, 9.17) is 0 Å². The molecular weight excluding hydrogens is 330 g/mol. The molecule has 2 aliphatic rings. The number of rotatable bonds is 3. The molecule has 122 valence electrons. The van der Waals surface area contributed by atoms with Crippen molar-refractivity contribution in [3.8, 4) is 0 Å². The molecule has 1 aliphatic carbocycles. The lowest BCUT2D eigenvalue weighted by Gasteiger charge is -2.34. The number of hydrogen-bond acceptors (Lipinski definition) is 6. The number of likely N-dealkylation sites (tertiary alicyclic amines) is 1. The average molecular weight is 349 g/mol. The number of urea groups is 1. The van der Waals surface area contributed by atoms with Crippen molar-refractivity contribution in [2.24, 2.45) is 0 Å². The first-order valence-electron chi connectivity index (χ1n) is 8.11. The quantitative estimate of drug-likeness (QED) is 0.908. The van der Waals surface area contributed by atoms with Crippen molar-refractivity contribution >= 4 is 33.8 Å². The Balaban J connectivity index is 1.45. The second-order valence-electron chi connectivity index (χ2n) is 6.08. The van der Waals surface area contributed by atoms with Crippen LogP contribution in [-0.2, 0) is 0 Å². The largest absolute Gasteiger partial charge is 0.324 e. The van der Waals surface area contributed by atoms with Crippen LogP contribution in [0.25, 0.3) is 0 Å². The first kappa shape index (κ1) is 15.0. The van der Waals surface area contributed by atoms with E-state index in [1.54, 1.807) is 17.5 Å². The van der Waals surface area contributed by atoms with E-state index in [-0.39, 0.29) is 12.1 Å². The van der Waals surface area contributed by atoms with Crippen LogP contribution >= 0.6 is 22.7 Å². The molecule has 3 heterocycles. The Labute approximate surface area is 143 Å². The van der Waals surface area contributed by atoms with E-state index in [2.05, 4.69) is 20.5 Å². The standard InChI is InChI=1S/C15H19N5OS2/c21-15(17-14-19-18-12(23-14)10-4-3-5-10)20-8-2-1-6-11(20)13-16-7-9-22-13/h7,9-11H,1-6,8H2,(H,17,19,21)/t11-/m0/s1. The second-order valence-corrected chi connectivity index (χ2v) is 8.01. The second kappa shape index (κ2) is 6.52. The molecule has 0 unspecified atom stereocenters. The van der Waals surface area contributed by atoms with E-state index >= 15 is 0 Å². The van der Waals surface area contributed by atoms with Crippen LogP contribution in [-0.4, -0.2) is 32.7 Å². The minimum Gasteiger partial charge on any atom is -0.315 e. The van der Waals surface area contributed by atoms with Gasteiger partial charge < -0.3 is 4.90 Å². The number of thiazole rings is 1. The molecule has 0 radical (unpaired) electrons. The number of amides is 2. The number of aromatic nitrogens is 3. The van der Waals surface area contributed by atoms with E-state index in [0.717, 1.165) is 35.8 Å². The van der Waals surface area contributed by atoms with E-state index in [0.29, 0.717) is 11.0 Å². The molecule has 6 nitrogen and oxygen atoms in total. The highest BCUT2D eigenvalue weighted by atomic mass is 32.1. The van der Waals surface area contributed by atoms with Gasteiger partial charge in [-0.3, -0.25) is 5.32 Å². The van der Waals surface area contributed by atoms with Crippen LogP contribution in [0.2, 0.25) is 0 Å². The zero-order valence-electron chi connectivity index (χ0n) is 12.8. The topological polar surface area (TPSA) is 71.0 Å². The molecule has 2 amide bonds. The number of carbonyl (C=O) groups excluding carboxylic acids is 1. The molecule has 4 rings (SSSR count). The summed E-state index contributed by atoms with van der Waals surface area (Å²) in [5.74, 6) is 0.552. The first-order valence-corrected chi connectivity index (χ1v) is 9.81. The summed E-state index contributed by atoms with van der Waals surface area (Å²) in [4.78, 5) is 19.0. The molecule has 2 aromatic heterocycles. The molecule has 0 spiro atoms. The Bertz CT molecular complexity index is 667. The van der Waals surface area contributed by atoms with Gasteiger partial charge >= 0.3 is 6.03 Å². The van der Waals surface area contributed by atoms with Crippen LogP contribution in [0.1, 0.15) is 60.5 Å². The summed E-state index contributed by atoms with van der Waals surface area (Å²) < 4.78 is 0. The Kier molecular flexibility index (Phi) is 4.26. The normalized spacial score (nSPS) is 21.9. The first-order chi connectivity index (χ1) is 11.3. The maximum absolute atomic E-state index is 12.7.